The van der Waals surface area contributed by atoms with Gasteiger partial charge in [-0.3, -0.25) is 4.79 Å². The third-order valence-corrected chi connectivity index (χ3v) is 5.29. The van der Waals surface area contributed by atoms with Crippen LogP contribution in [-0.4, -0.2) is 28.1 Å². The standard InChI is InChI=1S/C20H21Br2NO5/c1-4-16(20(26)27)23-19(25)11-7-14(21)18(15(22)8-11)28-12-5-6-17(24)13(9-12)10(2)3/h5-10,16,24H,4H2,1-3H3,(H,23,25)(H,26,27). The SMILES string of the molecule is CCC(NC(=O)c1cc(Br)c(Oc2ccc(O)c(C(C)C)c2)c(Br)c1)C(=O)O. The van der Waals surface area contributed by atoms with E-state index in [2.05, 4.69) is 37.2 Å². The van der Waals surface area contributed by atoms with Crippen molar-refractivity contribution in [3.63, 3.8) is 0 Å². The molecule has 0 saturated carbocycles. The van der Waals surface area contributed by atoms with E-state index in [0.717, 1.165) is 5.56 Å². The van der Waals surface area contributed by atoms with Crippen LogP contribution in [0.2, 0.25) is 0 Å². The number of amides is 1. The Hall–Kier alpha value is -2.06. The molecule has 2 aromatic carbocycles. The van der Waals surface area contributed by atoms with Crippen LogP contribution in [0.1, 0.15) is 49.0 Å². The number of aromatic hydroxyl groups is 1. The zero-order valence-corrected chi connectivity index (χ0v) is 18.8. The molecule has 0 aromatic heterocycles. The number of carbonyl (C=O) groups excluding carboxylic acids is 1. The molecule has 1 unspecified atom stereocenters. The minimum absolute atomic E-state index is 0.127. The number of nitrogens with one attached hydrogen (secondary N) is 1. The monoisotopic (exact) mass is 513 g/mol. The first kappa shape index (κ1) is 22.2. The number of halogens is 2. The highest BCUT2D eigenvalue weighted by atomic mass is 79.9. The Balaban J connectivity index is 2.28. The highest BCUT2D eigenvalue weighted by molar-refractivity contribution is 9.11. The summed E-state index contributed by atoms with van der Waals surface area (Å²) >= 11 is 6.79. The number of ether oxygens (including phenoxy) is 1. The molecule has 0 aliphatic carbocycles. The molecule has 1 amide bonds. The molecule has 0 heterocycles. The number of hydrogen-bond donors (Lipinski definition) is 3. The van der Waals surface area contributed by atoms with Gasteiger partial charge < -0.3 is 20.3 Å². The van der Waals surface area contributed by atoms with E-state index >= 15 is 0 Å². The number of rotatable bonds is 7. The van der Waals surface area contributed by atoms with E-state index in [1.165, 1.54) is 0 Å². The summed E-state index contributed by atoms with van der Waals surface area (Å²) in [6, 6.07) is 7.16. The Morgan fingerprint density at radius 3 is 2.25 bits per heavy atom. The van der Waals surface area contributed by atoms with Gasteiger partial charge >= 0.3 is 5.97 Å². The summed E-state index contributed by atoms with van der Waals surface area (Å²) in [5.74, 6) is -0.242. The van der Waals surface area contributed by atoms with Gasteiger partial charge in [0.15, 0.2) is 5.75 Å². The molecule has 0 fully saturated rings. The van der Waals surface area contributed by atoms with E-state index in [9.17, 15) is 14.7 Å². The first-order chi connectivity index (χ1) is 13.1. The van der Waals surface area contributed by atoms with Crippen molar-refractivity contribution >= 4 is 43.7 Å². The number of carboxylic acids is 1. The molecule has 0 aliphatic rings. The van der Waals surface area contributed by atoms with Crippen LogP contribution in [0.4, 0.5) is 0 Å². The molecule has 3 N–H and O–H groups in total. The lowest BCUT2D eigenvalue weighted by Crippen LogP contribution is -2.40. The topological polar surface area (TPSA) is 95.9 Å². The van der Waals surface area contributed by atoms with E-state index in [1.54, 1.807) is 37.3 Å². The third-order valence-electron chi connectivity index (χ3n) is 4.11. The fraction of sp³-hybridized carbons (Fsp3) is 0.300. The van der Waals surface area contributed by atoms with Gasteiger partial charge in [0.05, 0.1) is 8.95 Å². The maximum Gasteiger partial charge on any atom is 0.326 e. The number of phenolic OH excluding ortho intramolecular Hbond substituents is 1. The zero-order chi connectivity index (χ0) is 21.0. The van der Waals surface area contributed by atoms with Crippen molar-refractivity contribution in [2.45, 2.75) is 39.2 Å². The van der Waals surface area contributed by atoms with Crippen LogP contribution in [0, 0.1) is 0 Å². The van der Waals surface area contributed by atoms with Crippen molar-refractivity contribution in [3.05, 3.63) is 50.4 Å². The van der Waals surface area contributed by atoms with E-state index in [1.807, 2.05) is 13.8 Å². The van der Waals surface area contributed by atoms with Crippen LogP contribution in [0.25, 0.3) is 0 Å². The molecule has 6 nitrogen and oxygen atoms in total. The van der Waals surface area contributed by atoms with Crippen molar-refractivity contribution < 1.29 is 24.5 Å². The molecule has 8 heteroatoms. The molecule has 0 bridgehead atoms. The molecule has 150 valence electrons. The van der Waals surface area contributed by atoms with Gasteiger partial charge in [0.25, 0.3) is 5.91 Å². The first-order valence-corrected chi connectivity index (χ1v) is 10.3. The Bertz CT molecular complexity index is 875. The van der Waals surface area contributed by atoms with Crippen LogP contribution < -0.4 is 10.1 Å². The van der Waals surface area contributed by atoms with Crippen molar-refractivity contribution in [3.8, 4) is 17.2 Å². The minimum Gasteiger partial charge on any atom is -0.508 e. The molecule has 28 heavy (non-hydrogen) atoms. The van der Waals surface area contributed by atoms with Gasteiger partial charge in [-0.25, -0.2) is 4.79 Å². The van der Waals surface area contributed by atoms with Gasteiger partial charge in [-0.1, -0.05) is 20.8 Å². The van der Waals surface area contributed by atoms with Crippen LogP contribution in [0.15, 0.2) is 39.3 Å². The van der Waals surface area contributed by atoms with E-state index < -0.39 is 17.9 Å². The quantitative estimate of drug-likeness (QED) is 0.458. The number of aliphatic carboxylic acids is 1. The summed E-state index contributed by atoms with van der Waals surface area (Å²) in [5, 5.41) is 21.5. The highest BCUT2D eigenvalue weighted by Gasteiger charge is 2.20. The maximum atomic E-state index is 12.4. The van der Waals surface area contributed by atoms with Crippen molar-refractivity contribution in [1.82, 2.24) is 5.32 Å². The lowest BCUT2D eigenvalue weighted by atomic mass is 10.0. The minimum atomic E-state index is -1.08. The Labute approximate surface area is 180 Å². The normalized spacial score (nSPS) is 11.9. The number of carboxylic acid groups (broad SMARTS) is 1. The fourth-order valence-corrected chi connectivity index (χ4v) is 3.89. The van der Waals surface area contributed by atoms with Crippen molar-refractivity contribution in [2.24, 2.45) is 0 Å². The smallest absolute Gasteiger partial charge is 0.326 e. The molecule has 0 radical (unpaired) electrons. The number of phenols is 1. The summed E-state index contributed by atoms with van der Waals surface area (Å²) in [6.07, 6.45) is 0.281. The molecule has 0 saturated heterocycles. The molecule has 0 aliphatic heterocycles. The van der Waals surface area contributed by atoms with Crippen LogP contribution >= 0.6 is 31.9 Å². The lowest BCUT2D eigenvalue weighted by Gasteiger charge is -2.16. The van der Waals surface area contributed by atoms with Crippen molar-refractivity contribution in [1.29, 1.82) is 0 Å². The Kier molecular flexibility index (Phi) is 7.48. The molecule has 2 rings (SSSR count). The Morgan fingerprint density at radius 1 is 1.14 bits per heavy atom. The molecule has 1 atom stereocenters. The summed E-state index contributed by atoms with van der Waals surface area (Å²) < 4.78 is 6.98. The van der Waals surface area contributed by atoms with E-state index in [4.69, 9.17) is 9.84 Å². The fourth-order valence-electron chi connectivity index (χ4n) is 2.54. The molecule has 2 aromatic rings. The highest BCUT2D eigenvalue weighted by Crippen LogP contribution is 2.39. The molecular formula is C20H21Br2NO5. The van der Waals surface area contributed by atoms with Gasteiger partial charge in [-0.05, 0) is 74.5 Å². The zero-order valence-electron chi connectivity index (χ0n) is 15.6. The predicted molar refractivity (Wildman–Crippen MR) is 113 cm³/mol. The average molecular weight is 515 g/mol. The second-order valence-electron chi connectivity index (χ2n) is 6.52. The summed E-state index contributed by atoms with van der Waals surface area (Å²) in [6.45, 7) is 5.63. The van der Waals surface area contributed by atoms with Gasteiger partial charge in [-0.15, -0.1) is 0 Å². The second-order valence-corrected chi connectivity index (χ2v) is 8.23. The maximum absolute atomic E-state index is 12.4. The number of carbonyl (C=O) groups is 2. The summed E-state index contributed by atoms with van der Waals surface area (Å²) in [4.78, 5) is 23.5. The van der Waals surface area contributed by atoms with Gasteiger partial charge in [0, 0.05) is 11.1 Å². The van der Waals surface area contributed by atoms with Crippen LogP contribution in [0.3, 0.4) is 0 Å². The second kappa shape index (κ2) is 9.43. The largest absolute Gasteiger partial charge is 0.508 e. The number of hydrogen-bond acceptors (Lipinski definition) is 4. The van der Waals surface area contributed by atoms with E-state index in [0.29, 0.717) is 26.0 Å². The summed E-state index contributed by atoms with van der Waals surface area (Å²) in [7, 11) is 0. The van der Waals surface area contributed by atoms with Crippen molar-refractivity contribution in [2.75, 3.05) is 0 Å². The predicted octanol–water partition coefficient (Wildman–Crippen LogP) is 5.43. The van der Waals surface area contributed by atoms with Gasteiger partial charge in [-0.2, -0.15) is 0 Å². The average Bonchev–Trinajstić information content (AvgIpc) is 2.62. The van der Waals surface area contributed by atoms with Crippen LogP contribution in [0.5, 0.6) is 17.2 Å². The van der Waals surface area contributed by atoms with Gasteiger partial charge in [0.2, 0.25) is 0 Å². The molecular weight excluding hydrogens is 494 g/mol. The van der Waals surface area contributed by atoms with E-state index in [-0.39, 0.29) is 18.1 Å². The first-order valence-electron chi connectivity index (χ1n) is 8.67. The van der Waals surface area contributed by atoms with Crippen LogP contribution in [-0.2, 0) is 4.79 Å². The molecule has 0 spiro atoms. The number of benzene rings is 2. The lowest BCUT2D eigenvalue weighted by molar-refractivity contribution is -0.139. The summed E-state index contributed by atoms with van der Waals surface area (Å²) in [5.41, 5.74) is 1.05. The third kappa shape index (κ3) is 5.26. The van der Waals surface area contributed by atoms with Gasteiger partial charge in [0.1, 0.15) is 17.5 Å². The Morgan fingerprint density at radius 2 is 1.75 bits per heavy atom.